The molecule has 112 valence electrons. The maximum atomic E-state index is 13.3. The molecule has 0 heterocycles. The number of halogens is 4. The minimum Gasteiger partial charge on any atom is -0.435 e. The van der Waals surface area contributed by atoms with Crippen LogP contribution in [-0.4, -0.2) is 6.61 Å². The van der Waals surface area contributed by atoms with E-state index >= 15 is 0 Å². The molecule has 3 nitrogen and oxygen atoms in total. The first-order valence-electron chi connectivity index (χ1n) is 5.97. The van der Waals surface area contributed by atoms with Crippen LogP contribution >= 0.6 is 0 Å². The molecule has 0 aromatic heterocycles. The summed E-state index contributed by atoms with van der Waals surface area (Å²) in [5.41, 5.74) is 3.26. The van der Waals surface area contributed by atoms with E-state index in [4.69, 9.17) is 5.84 Å². The lowest BCUT2D eigenvalue weighted by atomic mass is 9.99. The molecule has 2 aromatic rings. The first-order valence-corrected chi connectivity index (χ1v) is 5.97. The van der Waals surface area contributed by atoms with Crippen LogP contribution in [0.15, 0.2) is 42.5 Å². The SMILES string of the molecule is NNC(c1cccc(OC(F)F)c1)c1ccc(F)c(F)c1. The van der Waals surface area contributed by atoms with Gasteiger partial charge in [0.25, 0.3) is 0 Å². The standard InChI is InChI=1S/C14H12F4N2O/c15-11-5-4-9(7-12(11)16)13(20-19)8-2-1-3-10(6-8)21-14(17)18/h1-7,13-14,20H,19H2. The van der Waals surface area contributed by atoms with Crippen LogP contribution in [-0.2, 0) is 0 Å². The molecular weight excluding hydrogens is 288 g/mol. The number of hydrazine groups is 1. The van der Waals surface area contributed by atoms with Crippen LogP contribution in [0.2, 0.25) is 0 Å². The second-order valence-corrected chi connectivity index (χ2v) is 4.22. The normalized spacial score (nSPS) is 12.5. The van der Waals surface area contributed by atoms with Crippen molar-refractivity contribution in [3.63, 3.8) is 0 Å². The molecule has 1 atom stereocenters. The van der Waals surface area contributed by atoms with Gasteiger partial charge < -0.3 is 4.74 Å². The van der Waals surface area contributed by atoms with E-state index in [1.807, 2.05) is 0 Å². The number of nitrogens with two attached hydrogens (primary N) is 1. The fourth-order valence-corrected chi connectivity index (χ4v) is 1.95. The van der Waals surface area contributed by atoms with Crippen LogP contribution in [0, 0.1) is 11.6 Å². The number of hydrogen-bond donors (Lipinski definition) is 2. The highest BCUT2D eigenvalue weighted by Gasteiger charge is 2.16. The third kappa shape index (κ3) is 3.71. The van der Waals surface area contributed by atoms with Gasteiger partial charge in [-0.25, -0.2) is 14.2 Å². The lowest BCUT2D eigenvalue weighted by molar-refractivity contribution is -0.0498. The Morgan fingerprint density at radius 1 is 0.952 bits per heavy atom. The maximum absolute atomic E-state index is 13.3. The van der Waals surface area contributed by atoms with Gasteiger partial charge in [0.1, 0.15) is 5.75 Å². The summed E-state index contributed by atoms with van der Waals surface area (Å²) in [4.78, 5) is 0. The second-order valence-electron chi connectivity index (χ2n) is 4.22. The zero-order chi connectivity index (χ0) is 15.4. The zero-order valence-corrected chi connectivity index (χ0v) is 10.7. The highest BCUT2D eigenvalue weighted by molar-refractivity contribution is 5.37. The van der Waals surface area contributed by atoms with E-state index < -0.39 is 24.3 Å². The Balaban J connectivity index is 2.34. The summed E-state index contributed by atoms with van der Waals surface area (Å²) >= 11 is 0. The number of nitrogens with one attached hydrogen (secondary N) is 1. The molecule has 0 fully saturated rings. The van der Waals surface area contributed by atoms with Crippen molar-refractivity contribution in [2.45, 2.75) is 12.7 Å². The molecule has 0 amide bonds. The molecule has 21 heavy (non-hydrogen) atoms. The predicted octanol–water partition coefficient (Wildman–Crippen LogP) is 3.12. The summed E-state index contributed by atoms with van der Waals surface area (Å²) in [6.07, 6.45) is 0. The highest BCUT2D eigenvalue weighted by Crippen LogP contribution is 2.26. The molecule has 0 aliphatic heterocycles. The summed E-state index contributed by atoms with van der Waals surface area (Å²) in [5.74, 6) is 3.37. The van der Waals surface area contributed by atoms with Gasteiger partial charge in [-0.2, -0.15) is 8.78 Å². The molecule has 0 aliphatic rings. The molecule has 7 heteroatoms. The molecule has 0 spiro atoms. The van der Waals surface area contributed by atoms with Crippen molar-refractivity contribution in [2.24, 2.45) is 5.84 Å². The monoisotopic (exact) mass is 300 g/mol. The van der Waals surface area contributed by atoms with E-state index in [0.29, 0.717) is 11.1 Å². The predicted molar refractivity (Wildman–Crippen MR) is 68.6 cm³/mol. The molecule has 0 bridgehead atoms. The van der Waals surface area contributed by atoms with Gasteiger partial charge in [-0.05, 0) is 35.4 Å². The zero-order valence-electron chi connectivity index (χ0n) is 10.7. The van der Waals surface area contributed by atoms with Crippen molar-refractivity contribution in [1.29, 1.82) is 0 Å². The average Bonchev–Trinajstić information content (AvgIpc) is 2.43. The van der Waals surface area contributed by atoms with E-state index in [2.05, 4.69) is 10.2 Å². The quantitative estimate of drug-likeness (QED) is 0.507. The Hall–Kier alpha value is -2.12. The molecule has 0 radical (unpaired) electrons. The first-order chi connectivity index (χ1) is 10.0. The van der Waals surface area contributed by atoms with Gasteiger partial charge in [-0.15, -0.1) is 0 Å². The first kappa shape index (κ1) is 15.3. The largest absolute Gasteiger partial charge is 0.435 e. The fraction of sp³-hybridized carbons (Fsp3) is 0.143. The van der Waals surface area contributed by atoms with Gasteiger partial charge in [0.15, 0.2) is 11.6 Å². The minimum absolute atomic E-state index is 0.0506. The van der Waals surface area contributed by atoms with Crippen molar-refractivity contribution in [3.8, 4) is 5.75 Å². The topological polar surface area (TPSA) is 47.3 Å². The van der Waals surface area contributed by atoms with E-state index in [9.17, 15) is 17.6 Å². The molecule has 3 N–H and O–H groups in total. The lowest BCUT2D eigenvalue weighted by Gasteiger charge is -2.18. The van der Waals surface area contributed by atoms with Crippen LogP contribution in [0.5, 0.6) is 5.75 Å². The van der Waals surface area contributed by atoms with Crippen LogP contribution in [0.4, 0.5) is 17.6 Å². The van der Waals surface area contributed by atoms with Crippen LogP contribution in [0.25, 0.3) is 0 Å². The summed E-state index contributed by atoms with van der Waals surface area (Å²) < 4.78 is 54.9. The fourth-order valence-electron chi connectivity index (χ4n) is 1.95. The number of alkyl halides is 2. The molecule has 0 aliphatic carbocycles. The summed E-state index contributed by atoms with van der Waals surface area (Å²) in [6, 6.07) is 8.41. The van der Waals surface area contributed by atoms with Gasteiger partial charge in [0.2, 0.25) is 0 Å². The maximum Gasteiger partial charge on any atom is 0.387 e. The summed E-state index contributed by atoms with van der Waals surface area (Å²) in [6.45, 7) is -2.95. The average molecular weight is 300 g/mol. The molecule has 2 aromatic carbocycles. The number of hydrogen-bond acceptors (Lipinski definition) is 3. The summed E-state index contributed by atoms with van der Waals surface area (Å²) in [5, 5.41) is 0. The van der Waals surface area contributed by atoms with Gasteiger partial charge in [0, 0.05) is 0 Å². The highest BCUT2D eigenvalue weighted by atomic mass is 19.3. The summed E-state index contributed by atoms with van der Waals surface area (Å²) in [7, 11) is 0. The smallest absolute Gasteiger partial charge is 0.387 e. The molecular formula is C14H12F4N2O. The third-order valence-corrected chi connectivity index (χ3v) is 2.86. The van der Waals surface area contributed by atoms with E-state index in [0.717, 1.165) is 12.1 Å². The van der Waals surface area contributed by atoms with E-state index in [-0.39, 0.29) is 5.75 Å². The Labute approximate surface area is 118 Å². The van der Waals surface area contributed by atoms with Gasteiger partial charge in [-0.1, -0.05) is 18.2 Å². The van der Waals surface area contributed by atoms with Crippen LogP contribution in [0.3, 0.4) is 0 Å². The molecule has 1 unspecified atom stereocenters. The number of rotatable bonds is 5. The van der Waals surface area contributed by atoms with Gasteiger partial charge in [0.05, 0.1) is 6.04 Å². The van der Waals surface area contributed by atoms with Crippen LogP contribution in [0.1, 0.15) is 17.2 Å². The molecule has 0 saturated carbocycles. The Morgan fingerprint density at radius 2 is 1.67 bits per heavy atom. The van der Waals surface area contributed by atoms with Crippen molar-refractivity contribution in [3.05, 3.63) is 65.2 Å². The third-order valence-electron chi connectivity index (χ3n) is 2.86. The van der Waals surface area contributed by atoms with Gasteiger partial charge >= 0.3 is 6.61 Å². The lowest BCUT2D eigenvalue weighted by Crippen LogP contribution is -2.29. The Kier molecular flexibility index (Phi) is 4.77. The second kappa shape index (κ2) is 6.55. The van der Waals surface area contributed by atoms with E-state index in [1.165, 1.54) is 24.3 Å². The van der Waals surface area contributed by atoms with Crippen molar-refractivity contribution in [1.82, 2.24) is 5.43 Å². The van der Waals surface area contributed by atoms with Crippen molar-refractivity contribution in [2.75, 3.05) is 0 Å². The van der Waals surface area contributed by atoms with E-state index in [1.54, 1.807) is 6.07 Å². The Morgan fingerprint density at radius 3 is 2.29 bits per heavy atom. The molecule has 2 rings (SSSR count). The Bertz CT molecular complexity index is 622. The molecule has 0 saturated heterocycles. The van der Waals surface area contributed by atoms with Gasteiger partial charge in [-0.3, -0.25) is 5.84 Å². The van der Waals surface area contributed by atoms with Crippen LogP contribution < -0.4 is 16.0 Å². The van der Waals surface area contributed by atoms with Crippen molar-refractivity contribution < 1.29 is 22.3 Å². The minimum atomic E-state index is -2.95. The van der Waals surface area contributed by atoms with Crippen molar-refractivity contribution >= 4 is 0 Å². The number of ether oxygens (including phenoxy) is 1. The number of benzene rings is 2.